The van der Waals surface area contributed by atoms with Gasteiger partial charge in [0.05, 0.1) is 11.0 Å². The SMILES string of the molecule is Bc1c(B)c(B)c(-n2c(-c3c4ccccc4c(-c4cccc5oc6ccccc6c45)c4cc(-c5c(B)c(B)c(B)c(B)c5O)ccc34)nc3ccccc32)c(B)c1B. The Hall–Kier alpha value is -6.07. The summed E-state index contributed by atoms with van der Waals surface area (Å²) in [6, 6.07) is 38.8. The number of imidazole rings is 1. The largest absolute Gasteiger partial charge is 0.508 e. The van der Waals surface area contributed by atoms with E-state index in [0.717, 1.165) is 105 Å². The van der Waals surface area contributed by atoms with Gasteiger partial charge in [0.15, 0.2) is 0 Å². The van der Waals surface area contributed by atoms with E-state index < -0.39 is 0 Å². The molecule has 0 aliphatic rings. The Labute approximate surface area is 346 Å². The summed E-state index contributed by atoms with van der Waals surface area (Å²) in [7, 11) is 19.6. The molecule has 4 nitrogen and oxygen atoms in total. The average Bonchev–Trinajstić information content (AvgIpc) is 3.81. The van der Waals surface area contributed by atoms with Crippen molar-refractivity contribution in [2.75, 3.05) is 0 Å². The molecule has 0 amide bonds. The van der Waals surface area contributed by atoms with Crippen LogP contribution in [0.5, 0.6) is 5.75 Å². The smallest absolute Gasteiger partial charge is 0.146 e. The second kappa shape index (κ2) is 13.2. The van der Waals surface area contributed by atoms with Gasteiger partial charge in [0.2, 0.25) is 0 Å². The zero-order chi connectivity index (χ0) is 40.3. The fourth-order valence-electron chi connectivity index (χ4n) is 9.73. The van der Waals surface area contributed by atoms with Crippen molar-refractivity contribution in [1.82, 2.24) is 9.55 Å². The number of furan rings is 1. The molecule has 0 aliphatic heterocycles. The first-order chi connectivity index (χ1) is 28.0. The Kier molecular flexibility index (Phi) is 8.28. The molecule has 0 saturated carbocycles. The molecule has 0 saturated heterocycles. The van der Waals surface area contributed by atoms with Gasteiger partial charge >= 0.3 is 0 Å². The Morgan fingerprint density at radius 1 is 0.466 bits per heavy atom. The topological polar surface area (TPSA) is 51.2 Å². The second-order valence-electron chi connectivity index (χ2n) is 16.3. The Bertz CT molecular complexity index is 3370. The highest BCUT2D eigenvalue weighted by molar-refractivity contribution is 6.68. The minimum atomic E-state index is 0.336. The molecule has 0 bridgehead atoms. The molecule has 1 N–H and O–H groups in total. The van der Waals surface area contributed by atoms with Gasteiger partial charge in [0, 0.05) is 27.6 Å². The van der Waals surface area contributed by atoms with Crippen molar-refractivity contribution in [1.29, 1.82) is 0 Å². The number of aromatic nitrogens is 2. The van der Waals surface area contributed by atoms with Gasteiger partial charge in [0.1, 0.15) is 93.4 Å². The van der Waals surface area contributed by atoms with E-state index in [1.807, 2.05) is 20.0 Å². The van der Waals surface area contributed by atoms with E-state index in [0.29, 0.717) is 5.75 Å². The fraction of sp³-hybridized carbons (Fsp3) is 0. The molecule has 10 rings (SSSR count). The normalized spacial score (nSPS) is 11.8. The van der Waals surface area contributed by atoms with Crippen molar-refractivity contribution in [2.24, 2.45) is 0 Å². The number of para-hydroxylation sites is 3. The lowest BCUT2D eigenvalue weighted by atomic mass is 9.61. The van der Waals surface area contributed by atoms with Gasteiger partial charge in [-0.3, -0.25) is 4.57 Å². The first-order valence-corrected chi connectivity index (χ1v) is 20.2. The van der Waals surface area contributed by atoms with E-state index in [9.17, 15) is 5.11 Å². The summed E-state index contributed by atoms with van der Waals surface area (Å²) in [4.78, 5) is 5.56. The van der Waals surface area contributed by atoms with Crippen LogP contribution in [-0.2, 0) is 0 Å². The highest BCUT2D eigenvalue weighted by atomic mass is 16.3. The minimum absolute atomic E-state index is 0.336. The molecule has 8 aromatic carbocycles. The molecule has 0 unspecified atom stereocenters. The lowest BCUT2D eigenvalue weighted by molar-refractivity contribution is 0.482. The number of phenols is 1. The number of fused-ring (bicyclic) bond motifs is 6. The first kappa shape index (κ1) is 36.3. The van der Waals surface area contributed by atoms with Gasteiger partial charge in [-0.05, 0) is 68.6 Å². The predicted molar refractivity (Wildman–Crippen MR) is 275 cm³/mol. The molecular formula is C45H37B9N2O2. The van der Waals surface area contributed by atoms with Crippen LogP contribution in [0, 0.1) is 0 Å². The van der Waals surface area contributed by atoms with Crippen LogP contribution in [0.2, 0.25) is 0 Å². The van der Waals surface area contributed by atoms with E-state index in [1.165, 1.54) is 38.5 Å². The molecule has 2 heterocycles. The van der Waals surface area contributed by atoms with Crippen LogP contribution < -0.4 is 49.2 Å². The summed E-state index contributed by atoms with van der Waals surface area (Å²) < 4.78 is 8.91. The van der Waals surface area contributed by atoms with E-state index >= 15 is 0 Å². The highest BCUT2D eigenvalue weighted by Crippen LogP contribution is 2.48. The van der Waals surface area contributed by atoms with Gasteiger partial charge in [-0.15, -0.1) is 10.9 Å². The van der Waals surface area contributed by atoms with Crippen LogP contribution >= 0.6 is 0 Å². The van der Waals surface area contributed by atoms with Gasteiger partial charge < -0.3 is 9.52 Å². The summed E-state index contributed by atoms with van der Waals surface area (Å²) in [6.45, 7) is 0. The summed E-state index contributed by atoms with van der Waals surface area (Å²) in [5.74, 6) is 1.24. The van der Waals surface area contributed by atoms with Gasteiger partial charge in [0.25, 0.3) is 0 Å². The molecule has 0 spiro atoms. The van der Waals surface area contributed by atoms with Crippen molar-refractivity contribution in [3.63, 3.8) is 0 Å². The molecule has 0 aliphatic carbocycles. The van der Waals surface area contributed by atoms with E-state index in [1.54, 1.807) is 0 Å². The predicted octanol–water partition coefficient (Wildman–Crippen LogP) is -3.74. The summed E-state index contributed by atoms with van der Waals surface area (Å²) in [6.07, 6.45) is 0. The van der Waals surface area contributed by atoms with Crippen LogP contribution in [-0.4, -0.2) is 85.3 Å². The molecule has 0 radical (unpaired) electrons. The standard InChI is InChI=1S/C45H37B9N2O2/c46-34-30(44(57)42(54)39(51)35(34)47)19-16-17-22-25(18-19)31(24-11-7-15-29-32(24)23-10-3-6-14-28(23)58-29)20-8-1-2-9-21(20)33(22)45-55-26-12-4-5-13-27(26)56(45)43-40(52)37(49)36(48)38(50)41(43)53/h1-18,57H,46-54H2. The zero-order valence-electron chi connectivity index (χ0n) is 34.6. The summed E-state index contributed by atoms with van der Waals surface area (Å²) >= 11 is 0. The summed E-state index contributed by atoms with van der Waals surface area (Å²) in [5, 5.41) is 18.5. The molecule has 13 heteroatoms. The van der Waals surface area contributed by atoms with Crippen molar-refractivity contribution < 1.29 is 9.52 Å². The Morgan fingerprint density at radius 3 is 1.78 bits per heavy atom. The van der Waals surface area contributed by atoms with Crippen LogP contribution in [0.3, 0.4) is 0 Å². The number of aromatic hydroxyl groups is 1. The first-order valence-electron chi connectivity index (χ1n) is 20.2. The second-order valence-corrected chi connectivity index (χ2v) is 16.3. The number of hydrogen-bond acceptors (Lipinski definition) is 3. The number of phenolic OH excluding ortho intramolecular Hbond substituents is 1. The number of hydrogen-bond donors (Lipinski definition) is 1. The monoisotopic (exact) mass is 736 g/mol. The lowest BCUT2D eigenvalue weighted by Crippen LogP contribution is -2.56. The third-order valence-electron chi connectivity index (χ3n) is 13.6. The molecule has 0 atom stereocenters. The fourth-order valence-corrected chi connectivity index (χ4v) is 9.73. The molecule has 58 heavy (non-hydrogen) atoms. The molecular weight excluding hydrogens is 698 g/mol. The maximum absolute atomic E-state index is 11.9. The van der Waals surface area contributed by atoms with Crippen LogP contribution in [0.25, 0.3) is 93.8 Å². The van der Waals surface area contributed by atoms with Crippen molar-refractivity contribution in [3.8, 4) is 45.1 Å². The van der Waals surface area contributed by atoms with Gasteiger partial charge in [-0.1, -0.05) is 117 Å². The van der Waals surface area contributed by atoms with E-state index in [2.05, 4.69) is 164 Å². The van der Waals surface area contributed by atoms with Crippen LogP contribution in [0.4, 0.5) is 0 Å². The van der Waals surface area contributed by atoms with Gasteiger partial charge in [-0.25, -0.2) is 4.98 Å². The molecule has 2 aromatic heterocycles. The van der Waals surface area contributed by atoms with Crippen molar-refractivity contribution in [2.45, 2.75) is 0 Å². The van der Waals surface area contributed by atoms with E-state index in [4.69, 9.17) is 9.40 Å². The van der Waals surface area contributed by atoms with Crippen LogP contribution in [0.1, 0.15) is 0 Å². The molecule has 266 valence electrons. The number of benzene rings is 8. The van der Waals surface area contributed by atoms with E-state index in [-0.39, 0.29) is 0 Å². The third kappa shape index (κ3) is 5.05. The molecule has 10 aromatic rings. The average molecular weight is 735 g/mol. The van der Waals surface area contributed by atoms with Crippen LogP contribution in [0.15, 0.2) is 114 Å². The maximum atomic E-state index is 11.9. The lowest BCUT2D eigenvalue weighted by Gasteiger charge is -2.24. The van der Waals surface area contributed by atoms with Crippen molar-refractivity contribution >= 4 is 174 Å². The minimum Gasteiger partial charge on any atom is -0.508 e. The number of rotatable bonds is 4. The van der Waals surface area contributed by atoms with Gasteiger partial charge in [-0.2, -0.15) is 0 Å². The summed E-state index contributed by atoms with van der Waals surface area (Å²) in [5.41, 5.74) is 20.9. The molecule has 0 fully saturated rings. The Morgan fingerprint density at radius 2 is 1.03 bits per heavy atom. The maximum Gasteiger partial charge on any atom is 0.146 e. The quantitative estimate of drug-likeness (QED) is 0.150. The Balaban J connectivity index is 1.42. The zero-order valence-corrected chi connectivity index (χ0v) is 34.6. The highest BCUT2D eigenvalue weighted by Gasteiger charge is 2.27. The van der Waals surface area contributed by atoms with Crippen molar-refractivity contribution in [3.05, 3.63) is 109 Å². The third-order valence-corrected chi connectivity index (χ3v) is 13.6. The number of nitrogens with zero attached hydrogens (tertiary/aromatic N) is 2.